The van der Waals surface area contributed by atoms with Crippen molar-refractivity contribution in [2.45, 2.75) is 20.3 Å². The molecule has 0 aromatic carbocycles. The first-order valence-electron chi connectivity index (χ1n) is 4.65. The average Bonchev–Trinajstić information content (AvgIpc) is 2.61. The molecule has 1 unspecified atom stereocenters. The van der Waals surface area contributed by atoms with Crippen LogP contribution in [0.4, 0.5) is 0 Å². The van der Waals surface area contributed by atoms with Crippen molar-refractivity contribution in [1.29, 1.82) is 5.26 Å². The van der Waals surface area contributed by atoms with Crippen LogP contribution in [0.15, 0.2) is 6.20 Å². The molecule has 0 saturated carbocycles. The number of aromatic nitrogens is 1. The molecule has 1 rings (SSSR count). The zero-order chi connectivity index (χ0) is 11.3. The quantitative estimate of drug-likeness (QED) is 0.730. The zero-order valence-corrected chi connectivity index (χ0v) is 9.50. The normalized spacial score (nSPS) is 11.8. The van der Waals surface area contributed by atoms with Crippen LogP contribution in [0.1, 0.15) is 16.8 Å². The molecule has 0 N–H and O–H groups in total. The van der Waals surface area contributed by atoms with Gasteiger partial charge in [0.25, 0.3) is 0 Å². The molecule has 0 aliphatic rings. The third kappa shape index (κ3) is 3.33. The summed E-state index contributed by atoms with van der Waals surface area (Å²) >= 11 is 1.50. The third-order valence-electron chi connectivity index (χ3n) is 1.80. The SMILES string of the molecule is CCOC(=O)C(C#N)Cc1cnc(C)s1. The maximum atomic E-state index is 11.3. The van der Waals surface area contributed by atoms with Crippen LogP contribution in [0, 0.1) is 24.2 Å². The first kappa shape index (κ1) is 11.7. The molecule has 80 valence electrons. The van der Waals surface area contributed by atoms with Crippen LogP contribution in [0.3, 0.4) is 0 Å². The fourth-order valence-corrected chi connectivity index (χ4v) is 1.97. The van der Waals surface area contributed by atoms with Crippen LogP contribution >= 0.6 is 11.3 Å². The Balaban J connectivity index is 2.62. The van der Waals surface area contributed by atoms with Crippen molar-refractivity contribution < 1.29 is 9.53 Å². The van der Waals surface area contributed by atoms with Gasteiger partial charge in [-0.05, 0) is 13.8 Å². The summed E-state index contributed by atoms with van der Waals surface area (Å²) in [5.74, 6) is -1.17. The number of rotatable bonds is 4. The number of carbonyl (C=O) groups excluding carboxylic acids is 1. The molecule has 1 aromatic rings. The lowest BCUT2D eigenvalue weighted by atomic mass is 10.1. The van der Waals surface area contributed by atoms with Gasteiger partial charge in [-0.2, -0.15) is 5.26 Å². The molecule has 0 spiro atoms. The van der Waals surface area contributed by atoms with Gasteiger partial charge in [0.05, 0.1) is 17.7 Å². The summed E-state index contributed by atoms with van der Waals surface area (Å²) in [7, 11) is 0. The second kappa shape index (κ2) is 5.47. The van der Waals surface area contributed by atoms with E-state index in [2.05, 4.69) is 4.98 Å². The Hall–Kier alpha value is -1.41. The van der Waals surface area contributed by atoms with Crippen molar-refractivity contribution in [2.24, 2.45) is 5.92 Å². The number of thiazole rings is 1. The van der Waals surface area contributed by atoms with Gasteiger partial charge in [0.1, 0.15) is 5.92 Å². The molecule has 0 aliphatic heterocycles. The molecule has 0 aliphatic carbocycles. The van der Waals surface area contributed by atoms with Gasteiger partial charge >= 0.3 is 5.97 Å². The molecule has 1 aromatic heterocycles. The van der Waals surface area contributed by atoms with E-state index in [4.69, 9.17) is 10.00 Å². The van der Waals surface area contributed by atoms with Crippen LogP contribution in [0.25, 0.3) is 0 Å². The summed E-state index contributed by atoms with van der Waals surface area (Å²) in [4.78, 5) is 16.3. The molecular formula is C10H12N2O2S. The van der Waals surface area contributed by atoms with Crippen LogP contribution in [0.2, 0.25) is 0 Å². The zero-order valence-electron chi connectivity index (χ0n) is 8.69. The maximum absolute atomic E-state index is 11.3. The standard InChI is InChI=1S/C10H12N2O2S/c1-3-14-10(13)8(5-11)4-9-6-12-7(2)15-9/h6,8H,3-4H2,1-2H3. The molecule has 0 radical (unpaired) electrons. The minimum atomic E-state index is -0.718. The van der Waals surface area contributed by atoms with Crippen LogP contribution in [-0.2, 0) is 16.0 Å². The van der Waals surface area contributed by atoms with Gasteiger partial charge in [-0.15, -0.1) is 11.3 Å². The number of nitriles is 1. The van der Waals surface area contributed by atoms with Crippen LogP contribution < -0.4 is 0 Å². The second-order valence-electron chi connectivity index (χ2n) is 2.98. The van der Waals surface area contributed by atoms with Crippen LogP contribution in [0.5, 0.6) is 0 Å². The lowest BCUT2D eigenvalue weighted by Gasteiger charge is -2.05. The molecule has 0 saturated heterocycles. The number of esters is 1. The molecule has 0 fully saturated rings. The highest BCUT2D eigenvalue weighted by Gasteiger charge is 2.20. The second-order valence-corrected chi connectivity index (χ2v) is 4.30. The first-order valence-corrected chi connectivity index (χ1v) is 5.46. The Kier molecular flexibility index (Phi) is 4.25. The van der Waals surface area contributed by atoms with Crippen molar-refractivity contribution in [1.82, 2.24) is 4.98 Å². The number of hydrogen-bond donors (Lipinski definition) is 0. The van der Waals surface area contributed by atoms with Gasteiger partial charge in [0.15, 0.2) is 0 Å². The Bertz CT molecular complexity index is 381. The fourth-order valence-electron chi connectivity index (χ4n) is 1.13. The Morgan fingerprint density at radius 2 is 2.53 bits per heavy atom. The lowest BCUT2D eigenvalue weighted by Crippen LogP contribution is -2.17. The Morgan fingerprint density at radius 3 is 3.00 bits per heavy atom. The van der Waals surface area contributed by atoms with Gasteiger partial charge in [0, 0.05) is 17.5 Å². The van der Waals surface area contributed by atoms with Crippen molar-refractivity contribution in [2.75, 3.05) is 6.61 Å². The number of nitrogens with zero attached hydrogens (tertiary/aromatic N) is 2. The number of ether oxygens (including phenoxy) is 1. The van der Waals surface area contributed by atoms with Crippen molar-refractivity contribution in [3.05, 3.63) is 16.1 Å². The topological polar surface area (TPSA) is 63.0 Å². The first-order chi connectivity index (χ1) is 7.17. The minimum absolute atomic E-state index is 0.304. The summed E-state index contributed by atoms with van der Waals surface area (Å²) < 4.78 is 4.80. The predicted octanol–water partition coefficient (Wildman–Crippen LogP) is 1.70. The van der Waals surface area contributed by atoms with E-state index in [0.29, 0.717) is 13.0 Å². The van der Waals surface area contributed by atoms with E-state index in [-0.39, 0.29) is 0 Å². The lowest BCUT2D eigenvalue weighted by molar-refractivity contribution is -0.145. The predicted molar refractivity (Wildman–Crippen MR) is 56.3 cm³/mol. The van der Waals surface area contributed by atoms with E-state index in [9.17, 15) is 4.79 Å². The van der Waals surface area contributed by atoms with Crippen LogP contribution in [-0.4, -0.2) is 17.6 Å². The monoisotopic (exact) mass is 224 g/mol. The van der Waals surface area contributed by atoms with Crippen molar-refractivity contribution in [3.8, 4) is 6.07 Å². The largest absolute Gasteiger partial charge is 0.465 e. The number of aryl methyl sites for hydroxylation is 1. The molecule has 0 amide bonds. The number of carbonyl (C=O) groups is 1. The average molecular weight is 224 g/mol. The van der Waals surface area contributed by atoms with Gasteiger partial charge in [0.2, 0.25) is 0 Å². The smallest absolute Gasteiger partial charge is 0.323 e. The van der Waals surface area contributed by atoms with E-state index in [1.165, 1.54) is 11.3 Å². The van der Waals surface area contributed by atoms with Gasteiger partial charge in [-0.25, -0.2) is 4.98 Å². The molecule has 1 heterocycles. The summed E-state index contributed by atoms with van der Waals surface area (Å²) in [6, 6.07) is 1.95. The highest BCUT2D eigenvalue weighted by Crippen LogP contribution is 2.16. The summed E-state index contributed by atoms with van der Waals surface area (Å²) in [5.41, 5.74) is 0. The van der Waals surface area contributed by atoms with Gasteiger partial charge in [-0.3, -0.25) is 4.79 Å². The fraction of sp³-hybridized carbons (Fsp3) is 0.500. The summed E-state index contributed by atoms with van der Waals surface area (Å²) in [6.45, 7) is 3.92. The molecule has 1 atom stereocenters. The maximum Gasteiger partial charge on any atom is 0.323 e. The van der Waals surface area contributed by atoms with E-state index >= 15 is 0 Å². The Morgan fingerprint density at radius 1 is 1.80 bits per heavy atom. The molecule has 0 bridgehead atoms. The van der Waals surface area contributed by atoms with Gasteiger partial charge in [-0.1, -0.05) is 0 Å². The summed E-state index contributed by atoms with van der Waals surface area (Å²) in [5, 5.41) is 9.76. The van der Waals surface area contributed by atoms with E-state index < -0.39 is 11.9 Å². The molecule has 5 heteroatoms. The highest BCUT2D eigenvalue weighted by atomic mass is 32.1. The van der Waals surface area contributed by atoms with Crippen molar-refractivity contribution in [3.63, 3.8) is 0 Å². The van der Waals surface area contributed by atoms with Crippen molar-refractivity contribution >= 4 is 17.3 Å². The minimum Gasteiger partial charge on any atom is -0.465 e. The molecular weight excluding hydrogens is 212 g/mol. The Labute approximate surface area is 92.5 Å². The van der Waals surface area contributed by atoms with E-state index in [0.717, 1.165) is 9.88 Å². The van der Waals surface area contributed by atoms with E-state index in [1.54, 1.807) is 13.1 Å². The summed E-state index contributed by atoms with van der Waals surface area (Å²) in [6.07, 6.45) is 2.09. The molecule has 15 heavy (non-hydrogen) atoms. The number of hydrogen-bond acceptors (Lipinski definition) is 5. The third-order valence-corrected chi connectivity index (χ3v) is 2.74. The highest BCUT2D eigenvalue weighted by molar-refractivity contribution is 7.11. The molecule has 4 nitrogen and oxygen atoms in total. The van der Waals surface area contributed by atoms with Gasteiger partial charge < -0.3 is 4.74 Å². The van der Waals surface area contributed by atoms with E-state index in [1.807, 2.05) is 13.0 Å².